The predicted octanol–water partition coefficient (Wildman–Crippen LogP) is 3.46. The Morgan fingerprint density at radius 1 is 1.57 bits per heavy atom. The summed E-state index contributed by atoms with van der Waals surface area (Å²) < 4.78 is 0.478. The van der Waals surface area contributed by atoms with Crippen LogP contribution in [0.2, 0.25) is 9.62 Å². The molecule has 1 aromatic rings. The molecule has 14 heavy (non-hydrogen) atoms. The van der Waals surface area contributed by atoms with Crippen molar-refractivity contribution in [3.05, 3.63) is 20.6 Å². The maximum absolute atomic E-state index is 5.85. The van der Waals surface area contributed by atoms with E-state index in [-0.39, 0.29) is 0 Å². The molecule has 78 valence electrons. The van der Waals surface area contributed by atoms with Gasteiger partial charge in [0.2, 0.25) is 0 Å². The lowest BCUT2D eigenvalue weighted by molar-refractivity contribution is 0.663. The molecule has 1 aromatic heterocycles. The van der Waals surface area contributed by atoms with Crippen LogP contribution in [0.15, 0.2) is 6.08 Å². The number of likely N-dealkylation sites (N-methyl/N-ethyl adjacent to an activating group) is 1. The summed E-state index contributed by atoms with van der Waals surface area (Å²) in [7, 11) is 0. The van der Waals surface area contributed by atoms with E-state index in [2.05, 4.69) is 24.1 Å². The SMILES string of the molecule is CCNC(C)/C=C/c1sc(Cl)nc1Cl. The molecule has 0 aromatic carbocycles. The summed E-state index contributed by atoms with van der Waals surface area (Å²) in [6.07, 6.45) is 3.98. The molecule has 0 saturated heterocycles. The normalized spacial score (nSPS) is 13.7. The molecule has 1 atom stereocenters. The first-order valence-corrected chi connectivity index (χ1v) is 5.94. The van der Waals surface area contributed by atoms with Crippen molar-refractivity contribution in [1.82, 2.24) is 10.3 Å². The van der Waals surface area contributed by atoms with Gasteiger partial charge in [-0.1, -0.05) is 36.2 Å². The number of nitrogens with one attached hydrogen (secondary N) is 1. The van der Waals surface area contributed by atoms with E-state index in [0.717, 1.165) is 11.4 Å². The monoisotopic (exact) mass is 250 g/mol. The molecule has 1 rings (SSSR count). The second-order valence-electron chi connectivity index (χ2n) is 2.83. The largest absolute Gasteiger partial charge is 0.311 e. The maximum atomic E-state index is 5.85. The summed E-state index contributed by atoms with van der Waals surface area (Å²) in [5.41, 5.74) is 0. The minimum Gasteiger partial charge on any atom is -0.311 e. The van der Waals surface area contributed by atoms with Crippen molar-refractivity contribution in [3.8, 4) is 0 Å². The highest BCUT2D eigenvalue weighted by Crippen LogP contribution is 2.27. The molecule has 5 heteroatoms. The highest BCUT2D eigenvalue weighted by Gasteiger charge is 2.04. The number of thiazole rings is 1. The van der Waals surface area contributed by atoms with Gasteiger partial charge in [0, 0.05) is 6.04 Å². The zero-order valence-electron chi connectivity index (χ0n) is 8.05. The lowest BCUT2D eigenvalue weighted by Crippen LogP contribution is -2.22. The number of aromatic nitrogens is 1. The van der Waals surface area contributed by atoms with Crippen molar-refractivity contribution >= 4 is 40.6 Å². The molecule has 0 amide bonds. The van der Waals surface area contributed by atoms with Crippen LogP contribution in [0.1, 0.15) is 18.7 Å². The Hall–Kier alpha value is -0.0900. The summed E-state index contributed by atoms with van der Waals surface area (Å²) >= 11 is 12.9. The van der Waals surface area contributed by atoms with Gasteiger partial charge in [-0.3, -0.25) is 0 Å². The van der Waals surface area contributed by atoms with Crippen LogP contribution in [-0.2, 0) is 0 Å². The number of hydrogen-bond donors (Lipinski definition) is 1. The van der Waals surface area contributed by atoms with Crippen LogP contribution in [0.4, 0.5) is 0 Å². The smallest absolute Gasteiger partial charge is 0.185 e. The Labute approximate surface area is 97.9 Å². The molecule has 0 bridgehead atoms. The summed E-state index contributed by atoms with van der Waals surface area (Å²) in [5.74, 6) is 0. The number of hydrogen-bond acceptors (Lipinski definition) is 3. The van der Waals surface area contributed by atoms with Gasteiger partial charge in [-0.05, 0) is 19.5 Å². The van der Waals surface area contributed by atoms with Crippen molar-refractivity contribution < 1.29 is 0 Å². The van der Waals surface area contributed by atoms with Crippen molar-refractivity contribution in [2.24, 2.45) is 0 Å². The highest BCUT2D eigenvalue weighted by atomic mass is 35.5. The van der Waals surface area contributed by atoms with Gasteiger partial charge in [-0.2, -0.15) is 0 Å². The minimum absolute atomic E-state index is 0.331. The molecule has 1 N–H and O–H groups in total. The average molecular weight is 251 g/mol. The average Bonchev–Trinajstić information content (AvgIpc) is 2.42. The fourth-order valence-corrected chi connectivity index (χ4v) is 2.30. The molecule has 1 unspecified atom stereocenters. The molecule has 1 heterocycles. The van der Waals surface area contributed by atoms with Gasteiger partial charge < -0.3 is 5.32 Å². The van der Waals surface area contributed by atoms with Crippen LogP contribution in [0, 0.1) is 0 Å². The number of nitrogens with zero attached hydrogens (tertiary/aromatic N) is 1. The van der Waals surface area contributed by atoms with Gasteiger partial charge in [0.1, 0.15) is 5.15 Å². The summed E-state index contributed by atoms with van der Waals surface area (Å²) in [5, 5.41) is 3.74. The molecule has 0 fully saturated rings. The first-order valence-electron chi connectivity index (χ1n) is 4.37. The molecule has 0 spiro atoms. The maximum Gasteiger partial charge on any atom is 0.185 e. The third kappa shape index (κ3) is 3.58. The molecule has 2 nitrogen and oxygen atoms in total. The Morgan fingerprint density at radius 2 is 2.29 bits per heavy atom. The van der Waals surface area contributed by atoms with Crippen LogP contribution >= 0.6 is 34.5 Å². The van der Waals surface area contributed by atoms with Gasteiger partial charge in [-0.25, -0.2) is 4.98 Å². The van der Waals surface area contributed by atoms with Crippen molar-refractivity contribution in [3.63, 3.8) is 0 Å². The van der Waals surface area contributed by atoms with Gasteiger partial charge in [0.05, 0.1) is 4.88 Å². The van der Waals surface area contributed by atoms with E-state index in [1.165, 1.54) is 11.3 Å². The summed E-state index contributed by atoms with van der Waals surface area (Å²) in [6, 6.07) is 0.331. The van der Waals surface area contributed by atoms with Gasteiger partial charge in [0.25, 0.3) is 0 Å². The van der Waals surface area contributed by atoms with Crippen LogP contribution in [-0.4, -0.2) is 17.6 Å². The van der Waals surface area contributed by atoms with Crippen LogP contribution in [0.3, 0.4) is 0 Å². The molecule has 0 saturated carbocycles. The highest BCUT2D eigenvalue weighted by molar-refractivity contribution is 7.17. The molecular formula is C9H12Cl2N2S. The topological polar surface area (TPSA) is 24.9 Å². The lowest BCUT2D eigenvalue weighted by atomic mass is 10.3. The third-order valence-corrected chi connectivity index (χ3v) is 3.17. The van der Waals surface area contributed by atoms with E-state index in [4.69, 9.17) is 23.2 Å². The van der Waals surface area contributed by atoms with Crippen LogP contribution in [0.25, 0.3) is 6.08 Å². The van der Waals surface area contributed by atoms with Crippen LogP contribution in [0.5, 0.6) is 0 Å². The Morgan fingerprint density at radius 3 is 2.79 bits per heavy atom. The van der Waals surface area contributed by atoms with Crippen molar-refractivity contribution in [2.45, 2.75) is 19.9 Å². The first-order chi connectivity index (χ1) is 6.63. The standard InChI is InChI=1S/C9H12Cl2N2S/c1-3-12-6(2)4-5-7-8(10)13-9(11)14-7/h4-6,12H,3H2,1-2H3/b5-4+. The van der Waals surface area contributed by atoms with E-state index < -0.39 is 0 Å². The van der Waals surface area contributed by atoms with Gasteiger partial charge in [0.15, 0.2) is 4.47 Å². The predicted molar refractivity (Wildman–Crippen MR) is 64.3 cm³/mol. The molecule has 0 radical (unpaired) electrons. The summed E-state index contributed by atoms with van der Waals surface area (Å²) in [4.78, 5) is 4.82. The second-order valence-corrected chi connectivity index (χ2v) is 4.80. The zero-order valence-corrected chi connectivity index (χ0v) is 10.4. The number of halogens is 2. The third-order valence-electron chi connectivity index (χ3n) is 1.65. The lowest BCUT2D eigenvalue weighted by Gasteiger charge is -2.04. The minimum atomic E-state index is 0.331. The van der Waals surface area contributed by atoms with Crippen molar-refractivity contribution in [1.29, 1.82) is 0 Å². The van der Waals surface area contributed by atoms with E-state index in [1.807, 2.05) is 12.2 Å². The van der Waals surface area contributed by atoms with Crippen molar-refractivity contribution in [2.75, 3.05) is 6.54 Å². The van der Waals surface area contributed by atoms with Gasteiger partial charge >= 0.3 is 0 Å². The van der Waals surface area contributed by atoms with E-state index in [0.29, 0.717) is 15.7 Å². The van der Waals surface area contributed by atoms with E-state index in [1.54, 1.807) is 0 Å². The quantitative estimate of drug-likeness (QED) is 0.886. The fraction of sp³-hybridized carbons (Fsp3) is 0.444. The number of rotatable bonds is 4. The Bertz CT molecular complexity index is 323. The molecule has 0 aliphatic carbocycles. The van der Waals surface area contributed by atoms with E-state index >= 15 is 0 Å². The van der Waals surface area contributed by atoms with Crippen LogP contribution < -0.4 is 5.32 Å². The first kappa shape index (κ1) is 12.0. The van der Waals surface area contributed by atoms with Gasteiger partial charge in [-0.15, -0.1) is 11.3 Å². The zero-order chi connectivity index (χ0) is 10.6. The second kappa shape index (κ2) is 5.71. The van der Waals surface area contributed by atoms with E-state index in [9.17, 15) is 0 Å². The molecular weight excluding hydrogens is 239 g/mol. The molecule has 0 aliphatic rings. The Balaban J connectivity index is 2.63. The fourth-order valence-electron chi connectivity index (χ4n) is 1.01. The molecule has 0 aliphatic heterocycles. The summed E-state index contributed by atoms with van der Waals surface area (Å²) in [6.45, 7) is 5.10. The Kier molecular flexibility index (Phi) is 4.89.